The van der Waals surface area contributed by atoms with E-state index < -0.39 is 0 Å². The molecule has 5 heteroatoms. The van der Waals surface area contributed by atoms with Crippen molar-refractivity contribution in [2.24, 2.45) is 5.41 Å². The predicted octanol–water partition coefficient (Wildman–Crippen LogP) is 2.74. The van der Waals surface area contributed by atoms with Gasteiger partial charge in [-0.25, -0.2) is 0 Å². The van der Waals surface area contributed by atoms with Gasteiger partial charge in [0.1, 0.15) is 6.26 Å². The summed E-state index contributed by atoms with van der Waals surface area (Å²) in [5.74, 6) is 0.118. The number of rotatable bonds is 2. The van der Waals surface area contributed by atoms with E-state index in [-0.39, 0.29) is 5.91 Å². The third kappa shape index (κ3) is 3.77. The minimum atomic E-state index is 0.118. The number of nitrogens with zero attached hydrogens (tertiary/aromatic N) is 2. The van der Waals surface area contributed by atoms with Crippen LogP contribution < -0.4 is 5.32 Å². The van der Waals surface area contributed by atoms with E-state index in [1.165, 1.54) is 51.6 Å². The van der Waals surface area contributed by atoms with Crippen LogP contribution in [-0.2, 0) is 0 Å². The molecule has 1 aromatic rings. The molecule has 2 saturated heterocycles. The van der Waals surface area contributed by atoms with Gasteiger partial charge in [0.05, 0.1) is 11.8 Å². The molecule has 0 bridgehead atoms. The summed E-state index contributed by atoms with van der Waals surface area (Å²) < 4.78 is 5.07. The fourth-order valence-corrected chi connectivity index (χ4v) is 5.11. The summed E-state index contributed by atoms with van der Waals surface area (Å²) in [5.41, 5.74) is 1.32. The molecule has 3 heterocycles. The van der Waals surface area contributed by atoms with Gasteiger partial charge in [0.15, 0.2) is 0 Å². The number of carbonyl (C=O) groups is 1. The Bertz CT molecular complexity index is 556. The summed E-state index contributed by atoms with van der Waals surface area (Å²) in [6.07, 6.45) is 12.4. The van der Waals surface area contributed by atoms with E-state index in [9.17, 15) is 4.79 Å². The van der Waals surface area contributed by atoms with Crippen LogP contribution >= 0.6 is 0 Å². The molecule has 138 valence electrons. The van der Waals surface area contributed by atoms with Crippen molar-refractivity contribution >= 4 is 5.91 Å². The van der Waals surface area contributed by atoms with Crippen molar-refractivity contribution in [3.63, 3.8) is 0 Å². The Hall–Kier alpha value is -1.33. The van der Waals surface area contributed by atoms with Gasteiger partial charge in [-0.05, 0) is 69.5 Å². The monoisotopic (exact) mass is 345 g/mol. The largest absolute Gasteiger partial charge is 0.472 e. The van der Waals surface area contributed by atoms with Gasteiger partial charge >= 0.3 is 0 Å². The minimum Gasteiger partial charge on any atom is -0.472 e. The van der Waals surface area contributed by atoms with Gasteiger partial charge < -0.3 is 14.6 Å². The highest BCUT2D eigenvalue weighted by Gasteiger charge is 2.38. The number of amides is 1. The van der Waals surface area contributed by atoms with Crippen molar-refractivity contribution in [3.8, 4) is 0 Å². The number of nitrogens with one attached hydrogen (secondary N) is 1. The fourth-order valence-electron chi connectivity index (χ4n) is 5.11. The topological polar surface area (TPSA) is 48.7 Å². The summed E-state index contributed by atoms with van der Waals surface area (Å²) in [5, 5.41) is 3.51. The van der Waals surface area contributed by atoms with Crippen LogP contribution in [0.2, 0.25) is 0 Å². The zero-order chi connectivity index (χ0) is 17.1. The van der Waals surface area contributed by atoms with Crippen LogP contribution in [-0.4, -0.2) is 61.0 Å². The van der Waals surface area contributed by atoms with E-state index in [0.717, 1.165) is 38.6 Å². The maximum Gasteiger partial charge on any atom is 0.257 e. The first-order valence-corrected chi connectivity index (χ1v) is 10.0. The third-order valence-corrected chi connectivity index (χ3v) is 6.78. The first-order valence-electron chi connectivity index (χ1n) is 10.0. The van der Waals surface area contributed by atoms with Gasteiger partial charge in [-0.15, -0.1) is 0 Å². The lowest BCUT2D eigenvalue weighted by Gasteiger charge is -2.45. The van der Waals surface area contributed by atoms with Gasteiger partial charge in [0, 0.05) is 32.2 Å². The van der Waals surface area contributed by atoms with Crippen LogP contribution in [0.15, 0.2) is 23.0 Å². The molecule has 0 aromatic carbocycles. The predicted molar refractivity (Wildman–Crippen MR) is 97.6 cm³/mol. The molecule has 1 aromatic heterocycles. The van der Waals surface area contributed by atoms with Crippen molar-refractivity contribution < 1.29 is 9.21 Å². The molecule has 25 heavy (non-hydrogen) atoms. The van der Waals surface area contributed by atoms with Gasteiger partial charge in [0.25, 0.3) is 5.91 Å². The molecule has 5 nitrogen and oxygen atoms in total. The standard InChI is InChI=1S/C20H31N3O2/c24-19(17-4-15-25-16-17)23-12-1-11-22(13-14-23)18-2-5-20(6-3-18)7-9-21-10-8-20/h4,15-16,18,21H,1-3,5-14H2. The highest BCUT2D eigenvalue weighted by atomic mass is 16.3. The highest BCUT2D eigenvalue weighted by molar-refractivity contribution is 5.93. The summed E-state index contributed by atoms with van der Waals surface area (Å²) in [6, 6.07) is 2.49. The van der Waals surface area contributed by atoms with E-state index in [1.54, 1.807) is 18.6 Å². The zero-order valence-corrected chi connectivity index (χ0v) is 15.2. The van der Waals surface area contributed by atoms with E-state index in [2.05, 4.69) is 10.2 Å². The summed E-state index contributed by atoms with van der Waals surface area (Å²) in [4.78, 5) is 17.2. The van der Waals surface area contributed by atoms with Crippen molar-refractivity contribution in [1.82, 2.24) is 15.1 Å². The van der Waals surface area contributed by atoms with Crippen molar-refractivity contribution in [1.29, 1.82) is 0 Å². The molecule has 0 atom stereocenters. The van der Waals surface area contributed by atoms with Crippen molar-refractivity contribution in [2.75, 3.05) is 39.3 Å². The summed E-state index contributed by atoms with van der Waals surface area (Å²) in [7, 11) is 0. The third-order valence-electron chi connectivity index (χ3n) is 6.78. The molecule has 2 aliphatic heterocycles. The maximum absolute atomic E-state index is 12.5. The molecular formula is C20H31N3O2. The van der Waals surface area contributed by atoms with Crippen LogP contribution in [0.5, 0.6) is 0 Å². The van der Waals surface area contributed by atoms with Crippen molar-refractivity contribution in [3.05, 3.63) is 24.2 Å². The number of furan rings is 1. The maximum atomic E-state index is 12.5. The van der Waals surface area contributed by atoms with Crippen molar-refractivity contribution in [2.45, 2.75) is 51.0 Å². The quantitative estimate of drug-likeness (QED) is 0.895. The van der Waals surface area contributed by atoms with Gasteiger partial charge in [0.2, 0.25) is 0 Å². The normalized spacial score (nSPS) is 25.8. The first kappa shape index (κ1) is 17.1. The lowest BCUT2D eigenvalue weighted by molar-refractivity contribution is 0.0643. The van der Waals surface area contributed by atoms with E-state index >= 15 is 0 Å². The minimum absolute atomic E-state index is 0.118. The second-order valence-electron chi connectivity index (χ2n) is 8.17. The summed E-state index contributed by atoms with van der Waals surface area (Å²) in [6.45, 7) is 6.27. The second-order valence-corrected chi connectivity index (χ2v) is 8.17. The van der Waals surface area contributed by atoms with E-state index in [1.807, 2.05) is 4.90 Å². The van der Waals surface area contributed by atoms with E-state index in [0.29, 0.717) is 11.0 Å². The molecule has 1 N–H and O–H groups in total. The molecular weight excluding hydrogens is 314 g/mol. The molecule has 4 rings (SSSR count). The molecule has 1 spiro atoms. The average Bonchev–Trinajstić information content (AvgIpc) is 3.08. The van der Waals surface area contributed by atoms with Crippen LogP contribution in [0.3, 0.4) is 0 Å². The van der Waals surface area contributed by atoms with E-state index in [4.69, 9.17) is 4.42 Å². The molecule has 3 aliphatic rings. The second kappa shape index (κ2) is 7.50. The van der Waals surface area contributed by atoms with Gasteiger partial charge in [-0.3, -0.25) is 9.69 Å². The Kier molecular flexibility index (Phi) is 5.13. The number of carbonyl (C=O) groups excluding carboxylic acids is 1. The van der Waals surface area contributed by atoms with Gasteiger partial charge in [-0.2, -0.15) is 0 Å². The molecule has 1 saturated carbocycles. The highest BCUT2D eigenvalue weighted by Crippen LogP contribution is 2.44. The molecule has 0 unspecified atom stereocenters. The lowest BCUT2D eigenvalue weighted by Crippen LogP contribution is -2.45. The lowest BCUT2D eigenvalue weighted by atomic mass is 9.67. The van der Waals surface area contributed by atoms with Crippen LogP contribution in [0.25, 0.3) is 0 Å². The molecule has 0 radical (unpaired) electrons. The Labute approximate surface area is 150 Å². The number of hydrogen-bond acceptors (Lipinski definition) is 4. The summed E-state index contributed by atoms with van der Waals surface area (Å²) >= 11 is 0. The first-order chi connectivity index (χ1) is 12.3. The van der Waals surface area contributed by atoms with Gasteiger partial charge in [-0.1, -0.05) is 0 Å². The smallest absolute Gasteiger partial charge is 0.257 e. The Balaban J connectivity index is 1.30. The molecule has 1 aliphatic carbocycles. The zero-order valence-electron chi connectivity index (χ0n) is 15.2. The fraction of sp³-hybridized carbons (Fsp3) is 0.750. The Morgan fingerprint density at radius 1 is 1.08 bits per heavy atom. The van der Waals surface area contributed by atoms with Crippen LogP contribution in [0.4, 0.5) is 0 Å². The van der Waals surface area contributed by atoms with Crippen LogP contribution in [0, 0.1) is 5.41 Å². The SMILES string of the molecule is O=C(c1ccoc1)N1CCCN(C2CCC3(CCNCC3)CC2)CC1. The number of piperidine rings is 1. The average molecular weight is 345 g/mol. The molecule has 3 fully saturated rings. The molecule has 1 amide bonds. The Morgan fingerprint density at radius 2 is 1.88 bits per heavy atom. The van der Waals surface area contributed by atoms with Crippen LogP contribution in [0.1, 0.15) is 55.3 Å². The Morgan fingerprint density at radius 3 is 2.60 bits per heavy atom. The number of hydrogen-bond donors (Lipinski definition) is 1.